The van der Waals surface area contributed by atoms with Gasteiger partial charge in [-0.25, -0.2) is 0 Å². The molecule has 3 rings (SSSR count). The number of rotatable bonds is 5. The Balaban J connectivity index is 1.58. The summed E-state index contributed by atoms with van der Waals surface area (Å²) in [7, 11) is 2.04. The smallest absolute Gasteiger partial charge is 0.150 e. The highest BCUT2D eigenvalue weighted by Crippen LogP contribution is 2.25. The summed E-state index contributed by atoms with van der Waals surface area (Å²) in [4.78, 5) is 2.39. The van der Waals surface area contributed by atoms with Gasteiger partial charge in [0.25, 0.3) is 0 Å². The van der Waals surface area contributed by atoms with E-state index in [0.717, 1.165) is 31.4 Å². The molecule has 0 amide bonds. The van der Waals surface area contributed by atoms with Crippen LogP contribution in [-0.4, -0.2) is 42.9 Å². The summed E-state index contributed by atoms with van der Waals surface area (Å²) in [5.41, 5.74) is 1.19. The molecule has 2 aliphatic rings. The first-order valence-corrected chi connectivity index (χ1v) is 7.84. The first kappa shape index (κ1) is 13.6. The number of hydrogen-bond acceptors (Lipinski definition) is 5. The zero-order valence-electron chi connectivity index (χ0n) is 12.3. The Hall–Kier alpha value is -1.36. The van der Waals surface area contributed by atoms with Gasteiger partial charge in [-0.2, -0.15) is 5.10 Å². The van der Waals surface area contributed by atoms with Crippen LogP contribution in [0.5, 0.6) is 0 Å². The van der Waals surface area contributed by atoms with Crippen LogP contribution in [0, 0.1) is 5.92 Å². The van der Waals surface area contributed by atoms with Crippen LogP contribution in [0.15, 0.2) is 12.3 Å². The minimum atomic E-state index is 0.595. The fraction of sp³-hybridized carbons (Fsp3) is 0.733. The highest BCUT2D eigenvalue weighted by molar-refractivity contribution is 5.52. The Labute approximate surface area is 121 Å². The van der Waals surface area contributed by atoms with Crippen molar-refractivity contribution >= 4 is 11.5 Å². The molecule has 1 atom stereocenters. The van der Waals surface area contributed by atoms with Gasteiger partial charge in [0, 0.05) is 31.7 Å². The van der Waals surface area contributed by atoms with Crippen LogP contribution in [0.1, 0.15) is 32.1 Å². The van der Waals surface area contributed by atoms with Gasteiger partial charge in [0.05, 0.1) is 11.9 Å². The molecule has 1 unspecified atom stereocenters. The summed E-state index contributed by atoms with van der Waals surface area (Å²) >= 11 is 0. The summed E-state index contributed by atoms with van der Waals surface area (Å²) in [6.07, 6.45) is 8.56. The van der Waals surface area contributed by atoms with E-state index in [1.165, 1.54) is 37.8 Å². The van der Waals surface area contributed by atoms with Crippen LogP contribution in [0.4, 0.5) is 11.5 Å². The predicted octanol–water partition coefficient (Wildman–Crippen LogP) is 1.88. The number of hydrogen-bond donors (Lipinski definition) is 2. The third-order valence-corrected chi connectivity index (χ3v) is 4.65. The molecule has 0 aromatic carbocycles. The minimum Gasteiger partial charge on any atom is -0.369 e. The lowest BCUT2D eigenvalue weighted by molar-refractivity contribution is 0.578. The molecule has 2 N–H and O–H groups in total. The second-order valence-corrected chi connectivity index (χ2v) is 6.05. The first-order chi connectivity index (χ1) is 9.85. The lowest BCUT2D eigenvalue weighted by Crippen LogP contribution is -2.29. The Kier molecular flexibility index (Phi) is 4.35. The molecule has 1 aromatic rings. The molecular weight excluding hydrogens is 250 g/mol. The second kappa shape index (κ2) is 6.39. The maximum Gasteiger partial charge on any atom is 0.150 e. The van der Waals surface area contributed by atoms with Crippen molar-refractivity contribution in [2.24, 2.45) is 5.92 Å². The van der Waals surface area contributed by atoms with Gasteiger partial charge < -0.3 is 15.5 Å². The van der Waals surface area contributed by atoms with Crippen molar-refractivity contribution in [2.75, 3.05) is 36.9 Å². The van der Waals surface area contributed by atoms with E-state index in [0.29, 0.717) is 6.04 Å². The molecule has 1 aliphatic carbocycles. The van der Waals surface area contributed by atoms with Crippen LogP contribution in [0.3, 0.4) is 0 Å². The summed E-state index contributed by atoms with van der Waals surface area (Å²) in [6, 6.07) is 2.73. The van der Waals surface area contributed by atoms with E-state index in [4.69, 9.17) is 0 Å². The van der Waals surface area contributed by atoms with Crippen molar-refractivity contribution in [1.82, 2.24) is 15.5 Å². The standard InChI is InChI=1S/C15H25N5/c1-16-13-6-7-20(11-13)14-8-15(19-18-10-14)17-9-12-4-2-3-5-12/h8,10,12-13,16H,2-7,9,11H2,1H3,(H,17,19). The number of nitrogens with one attached hydrogen (secondary N) is 2. The molecule has 0 bridgehead atoms. The van der Waals surface area contributed by atoms with E-state index >= 15 is 0 Å². The minimum absolute atomic E-state index is 0.595. The fourth-order valence-electron chi connectivity index (χ4n) is 3.31. The maximum absolute atomic E-state index is 4.21. The van der Waals surface area contributed by atoms with Crippen LogP contribution in [0.25, 0.3) is 0 Å². The third-order valence-electron chi connectivity index (χ3n) is 4.65. The van der Waals surface area contributed by atoms with Crippen molar-refractivity contribution in [1.29, 1.82) is 0 Å². The van der Waals surface area contributed by atoms with Gasteiger partial charge in [-0.3, -0.25) is 0 Å². The average Bonchev–Trinajstić information content (AvgIpc) is 3.16. The SMILES string of the molecule is CNC1CCN(c2cnnc(NCC3CCCC3)c2)C1. The fourth-order valence-corrected chi connectivity index (χ4v) is 3.31. The lowest BCUT2D eigenvalue weighted by Gasteiger charge is -2.19. The molecule has 2 heterocycles. The highest BCUT2D eigenvalue weighted by atomic mass is 15.2. The topological polar surface area (TPSA) is 53.1 Å². The van der Waals surface area contributed by atoms with Gasteiger partial charge in [0.1, 0.15) is 0 Å². The van der Waals surface area contributed by atoms with Crippen LogP contribution < -0.4 is 15.5 Å². The summed E-state index contributed by atoms with van der Waals surface area (Å²) in [5.74, 6) is 1.74. The molecule has 1 saturated carbocycles. The lowest BCUT2D eigenvalue weighted by atomic mass is 10.1. The molecule has 110 valence electrons. The molecule has 20 heavy (non-hydrogen) atoms. The quantitative estimate of drug-likeness (QED) is 0.859. The van der Waals surface area contributed by atoms with E-state index in [-0.39, 0.29) is 0 Å². The van der Waals surface area contributed by atoms with Gasteiger partial charge >= 0.3 is 0 Å². The van der Waals surface area contributed by atoms with Gasteiger partial charge in [-0.1, -0.05) is 12.8 Å². The largest absolute Gasteiger partial charge is 0.369 e. The second-order valence-electron chi connectivity index (χ2n) is 6.05. The molecule has 1 aliphatic heterocycles. The third kappa shape index (κ3) is 3.20. The summed E-state index contributed by atoms with van der Waals surface area (Å²) < 4.78 is 0. The van der Waals surface area contributed by atoms with E-state index in [1.807, 2.05) is 13.2 Å². The van der Waals surface area contributed by atoms with Crippen LogP contribution in [-0.2, 0) is 0 Å². The van der Waals surface area contributed by atoms with E-state index in [2.05, 4.69) is 31.8 Å². The number of aromatic nitrogens is 2. The highest BCUT2D eigenvalue weighted by Gasteiger charge is 2.22. The van der Waals surface area contributed by atoms with Gasteiger partial charge in [0.2, 0.25) is 0 Å². The summed E-state index contributed by atoms with van der Waals surface area (Å²) in [6.45, 7) is 3.20. The zero-order chi connectivity index (χ0) is 13.8. The number of anilines is 2. The maximum atomic E-state index is 4.21. The van der Waals surface area contributed by atoms with Crippen LogP contribution >= 0.6 is 0 Å². The molecule has 2 fully saturated rings. The van der Waals surface area contributed by atoms with Crippen molar-refractivity contribution in [2.45, 2.75) is 38.1 Å². The molecule has 0 spiro atoms. The number of likely N-dealkylation sites (N-methyl/N-ethyl adjacent to an activating group) is 1. The Morgan fingerprint density at radius 3 is 2.90 bits per heavy atom. The van der Waals surface area contributed by atoms with Crippen molar-refractivity contribution < 1.29 is 0 Å². The molecule has 0 radical (unpaired) electrons. The molecule has 5 heteroatoms. The monoisotopic (exact) mass is 275 g/mol. The Bertz CT molecular complexity index is 430. The van der Waals surface area contributed by atoms with Crippen molar-refractivity contribution in [3.63, 3.8) is 0 Å². The van der Waals surface area contributed by atoms with Gasteiger partial charge in [-0.05, 0) is 32.2 Å². The van der Waals surface area contributed by atoms with Gasteiger partial charge in [0.15, 0.2) is 5.82 Å². The Morgan fingerprint density at radius 1 is 1.30 bits per heavy atom. The van der Waals surface area contributed by atoms with Crippen molar-refractivity contribution in [3.8, 4) is 0 Å². The molecule has 1 aromatic heterocycles. The number of nitrogens with zero attached hydrogens (tertiary/aromatic N) is 3. The van der Waals surface area contributed by atoms with Gasteiger partial charge in [-0.15, -0.1) is 5.10 Å². The Morgan fingerprint density at radius 2 is 2.15 bits per heavy atom. The molecule has 5 nitrogen and oxygen atoms in total. The molecular formula is C15H25N5. The summed E-state index contributed by atoms with van der Waals surface area (Å²) in [5, 5.41) is 15.2. The zero-order valence-corrected chi connectivity index (χ0v) is 12.3. The van der Waals surface area contributed by atoms with Crippen molar-refractivity contribution in [3.05, 3.63) is 12.3 Å². The normalized spacial score (nSPS) is 23.4. The van der Waals surface area contributed by atoms with E-state index < -0.39 is 0 Å². The van der Waals surface area contributed by atoms with E-state index in [1.54, 1.807) is 0 Å². The van der Waals surface area contributed by atoms with Crippen LogP contribution in [0.2, 0.25) is 0 Å². The van der Waals surface area contributed by atoms with E-state index in [9.17, 15) is 0 Å². The predicted molar refractivity (Wildman–Crippen MR) is 82.2 cm³/mol. The average molecular weight is 275 g/mol. The first-order valence-electron chi connectivity index (χ1n) is 7.84. The molecule has 1 saturated heterocycles.